The zero-order valence-electron chi connectivity index (χ0n) is 12.2. The quantitative estimate of drug-likeness (QED) is 0.820. The van der Waals surface area contributed by atoms with E-state index in [1.165, 1.54) is 44.9 Å². The molecule has 1 heteroatoms. The molecule has 0 saturated heterocycles. The number of hydrogen-bond donors (Lipinski definition) is 1. The molecule has 2 atom stereocenters. The van der Waals surface area contributed by atoms with Gasteiger partial charge in [0.25, 0.3) is 0 Å². The van der Waals surface area contributed by atoms with Crippen LogP contribution in [0.25, 0.3) is 0 Å². The van der Waals surface area contributed by atoms with E-state index < -0.39 is 0 Å². The predicted molar refractivity (Wildman–Crippen MR) is 81.2 cm³/mol. The Morgan fingerprint density at radius 3 is 2.74 bits per heavy atom. The second-order valence-electron chi connectivity index (χ2n) is 6.48. The molecule has 2 unspecified atom stereocenters. The molecule has 3 rings (SSSR count). The van der Waals surface area contributed by atoms with Crippen LogP contribution in [0.15, 0.2) is 24.3 Å². The molecule has 0 heterocycles. The molecule has 1 nitrogen and oxygen atoms in total. The topological polar surface area (TPSA) is 12.0 Å². The molecule has 0 aromatic heterocycles. The summed E-state index contributed by atoms with van der Waals surface area (Å²) in [6.07, 6.45) is 9.87. The van der Waals surface area contributed by atoms with Gasteiger partial charge < -0.3 is 5.32 Å². The lowest BCUT2D eigenvalue weighted by Crippen LogP contribution is -2.27. The number of fused-ring (bicyclic) bond motifs is 1. The minimum atomic E-state index is 0.622. The molecule has 2 aliphatic rings. The Morgan fingerprint density at radius 2 is 1.95 bits per heavy atom. The Bertz CT molecular complexity index is 406. The van der Waals surface area contributed by atoms with Crippen molar-refractivity contribution in [3.8, 4) is 0 Å². The summed E-state index contributed by atoms with van der Waals surface area (Å²) in [5.41, 5.74) is 3.18. The van der Waals surface area contributed by atoms with Crippen LogP contribution in [-0.4, -0.2) is 6.54 Å². The van der Waals surface area contributed by atoms with Crippen LogP contribution in [0.5, 0.6) is 0 Å². The van der Waals surface area contributed by atoms with Gasteiger partial charge in [-0.1, -0.05) is 56.9 Å². The van der Waals surface area contributed by atoms with Crippen molar-refractivity contribution in [3.63, 3.8) is 0 Å². The summed E-state index contributed by atoms with van der Waals surface area (Å²) in [6.45, 7) is 3.42. The zero-order chi connectivity index (χ0) is 13.1. The molecular formula is C18H27N. The van der Waals surface area contributed by atoms with Crippen molar-refractivity contribution in [2.24, 2.45) is 11.8 Å². The van der Waals surface area contributed by atoms with Gasteiger partial charge in [0.2, 0.25) is 0 Å². The van der Waals surface area contributed by atoms with Gasteiger partial charge in [-0.15, -0.1) is 0 Å². The van der Waals surface area contributed by atoms with Gasteiger partial charge in [0, 0.05) is 6.04 Å². The van der Waals surface area contributed by atoms with E-state index in [0.29, 0.717) is 6.04 Å². The van der Waals surface area contributed by atoms with E-state index in [4.69, 9.17) is 0 Å². The van der Waals surface area contributed by atoms with Gasteiger partial charge in [0.15, 0.2) is 0 Å². The van der Waals surface area contributed by atoms with Gasteiger partial charge in [-0.25, -0.2) is 0 Å². The molecule has 0 radical (unpaired) electrons. The summed E-state index contributed by atoms with van der Waals surface area (Å²) in [5.74, 6) is 1.84. The largest absolute Gasteiger partial charge is 0.310 e. The highest BCUT2D eigenvalue weighted by atomic mass is 14.9. The molecule has 0 spiro atoms. The monoisotopic (exact) mass is 257 g/mol. The summed E-state index contributed by atoms with van der Waals surface area (Å²) >= 11 is 0. The highest BCUT2D eigenvalue weighted by Crippen LogP contribution is 2.42. The lowest BCUT2D eigenvalue weighted by atomic mass is 9.88. The number of rotatable bonds is 5. The predicted octanol–water partition coefficient (Wildman–Crippen LogP) is 4.48. The molecule has 1 fully saturated rings. The molecule has 1 saturated carbocycles. The van der Waals surface area contributed by atoms with Crippen LogP contribution in [0.1, 0.15) is 62.6 Å². The van der Waals surface area contributed by atoms with Crippen molar-refractivity contribution < 1.29 is 0 Å². The first-order valence-electron chi connectivity index (χ1n) is 8.19. The molecule has 104 valence electrons. The van der Waals surface area contributed by atoms with Crippen molar-refractivity contribution in [2.45, 2.75) is 57.9 Å². The van der Waals surface area contributed by atoms with E-state index in [-0.39, 0.29) is 0 Å². The Balaban J connectivity index is 1.72. The third kappa shape index (κ3) is 2.86. The third-order valence-corrected chi connectivity index (χ3v) is 5.07. The van der Waals surface area contributed by atoms with Gasteiger partial charge >= 0.3 is 0 Å². The fraction of sp³-hybridized carbons (Fsp3) is 0.667. The van der Waals surface area contributed by atoms with Crippen molar-refractivity contribution in [3.05, 3.63) is 35.4 Å². The van der Waals surface area contributed by atoms with E-state index in [1.807, 2.05) is 0 Å². The normalized spacial score (nSPS) is 26.8. The van der Waals surface area contributed by atoms with Crippen molar-refractivity contribution in [1.82, 2.24) is 5.32 Å². The summed E-state index contributed by atoms with van der Waals surface area (Å²) in [5, 5.41) is 3.81. The highest BCUT2D eigenvalue weighted by molar-refractivity contribution is 5.35. The van der Waals surface area contributed by atoms with Gasteiger partial charge in [-0.2, -0.15) is 0 Å². The summed E-state index contributed by atoms with van der Waals surface area (Å²) in [7, 11) is 0. The fourth-order valence-corrected chi connectivity index (χ4v) is 4.15. The average molecular weight is 257 g/mol. The summed E-state index contributed by atoms with van der Waals surface area (Å²) in [6, 6.07) is 9.71. The first kappa shape index (κ1) is 13.2. The molecule has 1 aromatic rings. The Hall–Kier alpha value is -0.820. The SMILES string of the molecule is CCCNC1c2ccccc2CC1CC1CCCC1. The highest BCUT2D eigenvalue weighted by Gasteiger charge is 2.33. The molecule has 0 bridgehead atoms. The summed E-state index contributed by atoms with van der Waals surface area (Å²) in [4.78, 5) is 0. The van der Waals surface area contributed by atoms with Gasteiger partial charge in [0.1, 0.15) is 0 Å². The van der Waals surface area contributed by atoms with E-state index in [9.17, 15) is 0 Å². The van der Waals surface area contributed by atoms with Crippen molar-refractivity contribution >= 4 is 0 Å². The van der Waals surface area contributed by atoms with Gasteiger partial charge in [-0.05, 0) is 48.8 Å². The second-order valence-corrected chi connectivity index (χ2v) is 6.48. The maximum atomic E-state index is 3.81. The van der Waals surface area contributed by atoms with Gasteiger partial charge in [-0.3, -0.25) is 0 Å². The lowest BCUT2D eigenvalue weighted by Gasteiger charge is -2.24. The van der Waals surface area contributed by atoms with E-state index >= 15 is 0 Å². The number of hydrogen-bond acceptors (Lipinski definition) is 1. The third-order valence-electron chi connectivity index (χ3n) is 5.07. The first-order valence-corrected chi connectivity index (χ1v) is 8.19. The first-order chi connectivity index (χ1) is 9.38. The minimum Gasteiger partial charge on any atom is -0.310 e. The average Bonchev–Trinajstić information content (AvgIpc) is 3.04. The Labute approximate surface area is 117 Å². The molecule has 0 aliphatic heterocycles. The van der Waals surface area contributed by atoms with E-state index in [0.717, 1.165) is 18.4 Å². The maximum Gasteiger partial charge on any atom is 0.0354 e. The molecule has 1 aromatic carbocycles. The smallest absolute Gasteiger partial charge is 0.0354 e. The van der Waals surface area contributed by atoms with Crippen LogP contribution in [0, 0.1) is 11.8 Å². The van der Waals surface area contributed by atoms with Crippen LogP contribution in [0.3, 0.4) is 0 Å². The lowest BCUT2D eigenvalue weighted by molar-refractivity contribution is 0.310. The van der Waals surface area contributed by atoms with Crippen LogP contribution in [0.4, 0.5) is 0 Å². The minimum absolute atomic E-state index is 0.622. The summed E-state index contributed by atoms with van der Waals surface area (Å²) < 4.78 is 0. The zero-order valence-corrected chi connectivity index (χ0v) is 12.2. The molecular weight excluding hydrogens is 230 g/mol. The number of benzene rings is 1. The van der Waals surface area contributed by atoms with Crippen molar-refractivity contribution in [1.29, 1.82) is 0 Å². The number of nitrogens with one attached hydrogen (secondary N) is 1. The molecule has 1 N–H and O–H groups in total. The fourth-order valence-electron chi connectivity index (χ4n) is 4.15. The molecule has 19 heavy (non-hydrogen) atoms. The van der Waals surface area contributed by atoms with Crippen LogP contribution >= 0.6 is 0 Å². The van der Waals surface area contributed by atoms with Crippen molar-refractivity contribution in [2.75, 3.05) is 6.54 Å². The van der Waals surface area contributed by atoms with E-state index in [2.05, 4.69) is 36.5 Å². The maximum absolute atomic E-state index is 3.81. The Kier molecular flexibility index (Phi) is 4.22. The Morgan fingerprint density at radius 1 is 1.16 bits per heavy atom. The van der Waals surface area contributed by atoms with Crippen LogP contribution in [0.2, 0.25) is 0 Å². The van der Waals surface area contributed by atoms with Gasteiger partial charge in [0.05, 0.1) is 0 Å². The van der Waals surface area contributed by atoms with E-state index in [1.54, 1.807) is 11.1 Å². The molecule has 0 amide bonds. The standard InChI is InChI=1S/C18H27N/c1-2-11-19-18-16(12-14-7-3-4-8-14)13-15-9-5-6-10-17(15)18/h5-6,9-10,14,16,18-19H,2-4,7-8,11-13H2,1H3. The second kappa shape index (κ2) is 6.09. The van der Waals surface area contributed by atoms with Crippen LogP contribution < -0.4 is 5.32 Å². The molecule has 2 aliphatic carbocycles. The van der Waals surface area contributed by atoms with Crippen LogP contribution in [-0.2, 0) is 6.42 Å².